The van der Waals surface area contributed by atoms with Crippen molar-refractivity contribution in [2.45, 2.75) is 6.04 Å². The molecule has 6 heteroatoms. The maximum absolute atomic E-state index is 11.8. The molecule has 1 rings (SSSR count). The standard InChI is InChI=1S/C10H13N3O3/c1-11-8(10(15)16)9(14)13(2)7-5-3-4-6-12-7/h3-6,8,11H,1-2H3,(H,15,16). The van der Waals surface area contributed by atoms with Crippen molar-refractivity contribution in [3.05, 3.63) is 24.4 Å². The molecule has 0 aliphatic carbocycles. The highest BCUT2D eigenvalue weighted by Gasteiger charge is 2.28. The van der Waals surface area contributed by atoms with Crippen LogP contribution in [0.15, 0.2) is 24.4 Å². The number of nitrogens with zero attached hydrogens (tertiary/aromatic N) is 2. The molecular formula is C10H13N3O3. The molecular weight excluding hydrogens is 210 g/mol. The second kappa shape index (κ2) is 5.22. The van der Waals surface area contributed by atoms with E-state index in [4.69, 9.17) is 5.11 Å². The van der Waals surface area contributed by atoms with Gasteiger partial charge in [0.2, 0.25) is 0 Å². The summed E-state index contributed by atoms with van der Waals surface area (Å²) >= 11 is 0. The van der Waals surface area contributed by atoms with Crippen LogP contribution in [0.25, 0.3) is 0 Å². The fraction of sp³-hybridized carbons (Fsp3) is 0.300. The van der Waals surface area contributed by atoms with Crippen LogP contribution < -0.4 is 10.2 Å². The average molecular weight is 223 g/mol. The lowest BCUT2D eigenvalue weighted by atomic mass is 10.2. The Labute approximate surface area is 92.9 Å². The predicted molar refractivity (Wildman–Crippen MR) is 58.1 cm³/mol. The van der Waals surface area contributed by atoms with Crippen LogP contribution in [0.2, 0.25) is 0 Å². The van der Waals surface area contributed by atoms with Crippen LogP contribution >= 0.6 is 0 Å². The first-order valence-corrected chi connectivity index (χ1v) is 4.66. The van der Waals surface area contributed by atoms with Crippen LogP contribution in [0, 0.1) is 0 Å². The quantitative estimate of drug-likeness (QED) is 0.686. The minimum atomic E-state index is -1.26. The normalized spacial score (nSPS) is 11.9. The van der Waals surface area contributed by atoms with Crippen molar-refractivity contribution >= 4 is 17.7 Å². The van der Waals surface area contributed by atoms with Crippen molar-refractivity contribution in [2.24, 2.45) is 0 Å². The molecule has 0 saturated carbocycles. The molecule has 6 nitrogen and oxygen atoms in total. The van der Waals surface area contributed by atoms with Crippen LogP contribution in [-0.4, -0.2) is 42.1 Å². The summed E-state index contributed by atoms with van der Waals surface area (Å²) in [6.45, 7) is 0. The lowest BCUT2D eigenvalue weighted by molar-refractivity contribution is -0.143. The Morgan fingerprint density at radius 1 is 1.50 bits per heavy atom. The van der Waals surface area contributed by atoms with Gasteiger partial charge >= 0.3 is 5.97 Å². The predicted octanol–water partition coefficient (Wildman–Crippen LogP) is -0.283. The highest BCUT2D eigenvalue weighted by molar-refractivity contribution is 6.08. The van der Waals surface area contributed by atoms with Crippen LogP contribution in [0.3, 0.4) is 0 Å². The molecule has 86 valence electrons. The lowest BCUT2D eigenvalue weighted by Gasteiger charge is -2.19. The van der Waals surface area contributed by atoms with Gasteiger partial charge in [-0.3, -0.25) is 15.0 Å². The first-order valence-electron chi connectivity index (χ1n) is 4.66. The van der Waals surface area contributed by atoms with Crippen LogP contribution in [-0.2, 0) is 9.59 Å². The number of rotatable bonds is 4. The van der Waals surface area contributed by atoms with Crippen LogP contribution in [0.5, 0.6) is 0 Å². The zero-order valence-electron chi connectivity index (χ0n) is 9.04. The number of amides is 1. The molecule has 16 heavy (non-hydrogen) atoms. The van der Waals surface area contributed by atoms with E-state index in [1.807, 2.05) is 0 Å². The van der Waals surface area contributed by atoms with E-state index in [1.165, 1.54) is 25.2 Å². The summed E-state index contributed by atoms with van der Waals surface area (Å²) in [4.78, 5) is 27.7. The van der Waals surface area contributed by atoms with Crippen molar-refractivity contribution in [3.63, 3.8) is 0 Å². The minimum Gasteiger partial charge on any atom is -0.480 e. The highest BCUT2D eigenvalue weighted by atomic mass is 16.4. The Morgan fingerprint density at radius 2 is 2.19 bits per heavy atom. The van der Waals surface area contributed by atoms with Gasteiger partial charge in [-0.1, -0.05) is 6.07 Å². The van der Waals surface area contributed by atoms with Crippen LogP contribution in [0.4, 0.5) is 5.82 Å². The Bertz CT molecular complexity index is 380. The topological polar surface area (TPSA) is 82.5 Å². The number of likely N-dealkylation sites (N-methyl/N-ethyl adjacent to an activating group) is 2. The number of aromatic nitrogens is 1. The smallest absolute Gasteiger partial charge is 0.330 e. The molecule has 0 aromatic carbocycles. The van der Waals surface area contributed by atoms with E-state index >= 15 is 0 Å². The average Bonchev–Trinajstić information content (AvgIpc) is 2.29. The number of anilines is 1. The van der Waals surface area contributed by atoms with Gasteiger partial charge in [0.1, 0.15) is 5.82 Å². The molecule has 0 aliphatic rings. The number of carboxylic acid groups (broad SMARTS) is 1. The van der Waals surface area contributed by atoms with E-state index in [-0.39, 0.29) is 0 Å². The molecule has 1 aromatic rings. The Kier molecular flexibility index (Phi) is 3.96. The number of pyridine rings is 1. The maximum Gasteiger partial charge on any atom is 0.330 e. The van der Waals surface area contributed by atoms with Gasteiger partial charge in [-0.05, 0) is 19.2 Å². The number of hydrogen-bond donors (Lipinski definition) is 2. The van der Waals surface area contributed by atoms with Crippen LogP contribution in [0.1, 0.15) is 0 Å². The van der Waals surface area contributed by atoms with E-state index in [9.17, 15) is 9.59 Å². The minimum absolute atomic E-state index is 0.411. The molecule has 2 N–H and O–H groups in total. The van der Waals surface area contributed by atoms with Crippen molar-refractivity contribution in [3.8, 4) is 0 Å². The molecule has 0 aliphatic heterocycles. The van der Waals surface area contributed by atoms with Crippen molar-refractivity contribution in [1.29, 1.82) is 0 Å². The number of nitrogens with one attached hydrogen (secondary N) is 1. The number of aliphatic carboxylic acids is 1. The molecule has 1 amide bonds. The molecule has 0 radical (unpaired) electrons. The van der Waals surface area contributed by atoms with Gasteiger partial charge in [-0.25, -0.2) is 9.78 Å². The van der Waals surface area contributed by atoms with Crippen molar-refractivity contribution in [1.82, 2.24) is 10.3 Å². The Hall–Kier alpha value is -1.95. The second-order valence-electron chi connectivity index (χ2n) is 3.15. The summed E-state index contributed by atoms with van der Waals surface area (Å²) in [5, 5.41) is 11.2. The highest BCUT2D eigenvalue weighted by Crippen LogP contribution is 2.08. The largest absolute Gasteiger partial charge is 0.480 e. The Balaban J connectivity index is 2.86. The zero-order valence-corrected chi connectivity index (χ0v) is 9.04. The summed E-state index contributed by atoms with van der Waals surface area (Å²) in [6, 6.07) is 3.81. The molecule has 0 spiro atoms. The summed E-state index contributed by atoms with van der Waals surface area (Å²) in [5.41, 5.74) is 0. The second-order valence-corrected chi connectivity index (χ2v) is 3.15. The van der Waals surface area contributed by atoms with Crippen molar-refractivity contribution < 1.29 is 14.7 Å². The monoisotopic (exact) mass is 223 g/mol. The van der Waals surface area contributed by atoms with Gasteiger partial charge in [0, 0.05) is 13.2 Å². The molecule has 0 fully saturated rings. The molecule has 0 saturated heterocycles. The summed E-state index contributed by atoms with van der Waals surface area (Å²) in [6.07, 6.45) is 1.54. The van der Waals surface area contributed by atoms with E-state index in [0.29, 0.717) is 5.82 Å². The molecule has 0 bridgehead atoms. The summed E-state index contributed by atoms with van der Waals surface area (Å²) in [5.74, 6) is -1.36. The molecule has 1 heterocycles. The summed E-state index contributed by atoms with van der Waals surface area (Å²) in [7, 11) is 2.90. The number of carboxylic acids is 1. The number of hydrogen-bond acceptors (Lipinski definition) is 4. The fourth-order valence-corrected chi connectivity index (χ4v) is 1.21. The van der Waals surface area contributed by atoms with Crippen molar-refractivity contribution in [2.75, 3.05) is 19.0 Å². The van der Waals surface area contributed by atoms with Gasteiger partial charge in [0.25, 0.3) is 5.91 Å². The first kappa shape index (κ1) is 12.1. The zero-order chi connectivity index (χ0) is 12.1. The van der Waals surface area contributed by atoms with E-state index in [0.717, 1.165) is 0 Å². The maximum atomic E-state index is 11.8. The summed E-state index contributed by atoms with van der Waals surface area (Å²) < 4.78 is 0. The van der Waals surface area contributed by atoms with E-state index in [2.05, 4.69) is 10.3 Å². The third-order valence-corrected chi connectivity index (χ3v) is 2.11. The molecule has 1 unspecified atom stereocenters. The van der Waals surface area contributed by atoms with Gasteiger partial charge < -0.3 is 5.11 Å². The van der Waals surface area contributed by atoms with Gasteiger partial charge in [-0.2, -0.15) is 0 Å². The fourth-order valence-electron chi connectivity index (χ4n) is 1.21. The third kappa shape index (κ3) is 2.54. The molecule has 1 aromatic heterocycles. The van der Waals surface area contributed by atoms with Gasteiger partial charge in [0.05, 0.1) is 0 Å². The van der Waals surface area contributed by atoms with E-state index in [1.54, 1.807) is 18.2 Å². The number of carbonyl (C=O) groups is 2. The molecule has 1 atom stereocenters. The van der Waals surface area contributed by atoms with Gasteiger partial charge in [-0.15, -0.1) is 0 Å². The van der Waals surface area contributed by atoms with Gasteiger partial charge in [0.15, 0.2) is 6.04 Å². The SMILES string of the molecule is CNC(C(=O)O)C(=O)N(C)c1ccccn1. The number of carbonyl (C=O) groups excluding carboxylic acids is 1. The first-order chi connectivity index (χ1) is 7.57. The lowest BCUT2D eigenvalue weighted by Crippen LogP contribution is -2.48. The third-order valence-electron chi connectivity index (χ3n) is 2.11. The Morgan fingerprint density at radius 3 is 2.62 bits per heavy atom. The van der Waals surface area contributed by atoms with E-state index < -0.39 is 17.9 Å².